The van der Waals surface area contributed by atoms with Crippen LogP contribution in [0.4, 0.5) is 0 Å². The van der Waals surface area contributed by atoms with Gasteiger partial charge in [-0.1, -0.05) is 0 Å². The summed E-state index contributed by atoms with van der Waals surface area (Å²) in [6.07, 6.45) is 5.13. The Morgan fingerprint density at radius 3 is 1.14 bits per heavy atom. The molecule has 0 nitrogen and oxygen atoms in total. The summed E-state index contributed by atoms with van der Waals surface area (Å²) < 4.78 is 8.94. The molecule has 0 radical (unpaired) electrons. The molecule has 0 N–H and O–H groups in total. The summed E-state index contributed by atoms with van der Waals surface area (Å²) in [5.74, 6) is 0. The number of hydrogen-bond acceptors (Lipinski definition) is 0. The second-order valence-corrected chi connectivity index (χ2v) is 66.6. The minimum atomic E-state index is -6.06. The Morgan fingerprint density at radius 1 is 0.375 bits per heavy atom. The van der Waals surface area contributed by atoms with Crippen molar-refractivity contribution in [3.8, 4) is 22.3 Å². The molecule has 2 heteroatoms. The number of benzene rings is 8. The van der Waals surface area contributed by atoms with Gasteiger partial charge in [0.15, 0.2) is 0 Å². The van der Waals surface area contributed by atoms with Crippen molar-refractivity contribution in [1.82, 2.24) is 0 Å². The van der Waals surface area contributed by atoms with Crippen molar-refractivity contribution in [2.75, 3.05) is 0 Å². The van der Waals surface area contributed by atoms with E-state index in [4.69, 9.17) is 0 Å². The van der Waals surface area contributed by atoms with Gasteiger partial charge in [-0.2, -0.15) is 0 Å². The van der Waals surface area contributed by atoms with E-state index >= 15 is 0 Å². The van der Waals surface area contributed by atoms with Crippen molar-refractivity contribution in [2.45, 2.75) is 30.4 Å². The fourth-order valence-corrected chi connectivity index (χ4v) is 53.1. The summed E-state index contributed by atoms with van der Waals surface area (Å²) >= 11 is -6.06. The number of fused-ring (bicyclic) bond motifs is 4. The SMILES string of the molecule is CC1=Cc2c(-c3cccc4ccccc34)cccc2[CH]1[Zr]([CH3])([CH3])(=[SiH2])([c]1ccccc1)([c]1ccccc1)[CH]1C(C)=Cc2c(-c3cccc4ccccc34)cccc21. The molecule has 272 valence electrons. The number of hydrogen-bond donors (Lipinski definition) is 0. The van der Waals surface area contributed by atoms with Crippen LogP contribution in [0.1, 0.15) is 43.4 Å². The molecule has 2 unspecified atom stereocenters. The van der Waals surface area contributed by atoms with Crippen molar-refractivity contribution in [3.63, 3.8) is 0 Å². The molecular formula is C54H48SiZr. The van der Waals surface area contributed by atoms with E-state index in [1.165, 1.54) is 83.7 Å². The zero-order valence-corrected chi connectivity index (χ0v) is 36.7. The summed E-state index contributed by atoms with van der Waals surface area (Å²) in [5, 5.41) is 5.15. The summed E-state index contributed by atoms with van der Waals surface area (Å²) in [6, 6.07) is 69.2. The first-order valence-corrected chi connectivity index (χ1v) is 36.3. The van der Waals surface area contributed by atoms with Crippen LogP contribution in [0.2, 0.25) is 9.26 Å². The van der Waals surface area contributed by atoms with Gasteiger partial charge in [-0.3, -0.25) is 0 Å². The topological polar surface area (TPSA) is 0 Å². The van der Waals surface area contributed by atoms with Crippen LogP contribution in [0.25, 0.3) is 56.0 Å². The van der Waals surface area contributed by atoms with Gasteiger partial charge in [0.25, 0.3) is 0 Å². The molecule has 0 spiro atoms. The summed E-state index contributed by atoms with van der Waals surface area (Å²) in [4.78, 5) is 0. The molecule has 0 amide bonds. The summed E-state index contributed by atoms with van der Waals surface area (Å²) in [5.41, 5.74) is 13.8. The van der Waals surface area contributed by atoms with Crippen molar-refractivity contribution >= 4 is 47.1 Å². The van der Waals surface area contributed by atoms with Gasteiger partial charge < -0.3 is 0 Å². The van der Waals surface area contributed by atoms with Gasteiger partial charge in [-0.15, -0.1) is 0 Å². The maximum absolute atomic E-state index is 6.06. The van der Waals surface area contributed by atoms with E-state index in [1.807, 2.05) is 0 Å². The zero-order valence-electron chi connectivity index (χ0n) is 32.8. The Balaban J connectivity index is 1.35. The molecule has 2 atom stereocenters. The van der Waals surface area contributed by atoms with Gasteiger partial charge in [-0.25, -0.2) is 0 Å². The molecule has 8 aromatic rings. The Morgan fingerprint density at radius 2 is 0.714 bits per heavy atom. The standard InChI is InChI=1S/2C20H15.2C6H5.2CH3.H2Si.Zr/c2*1-14-12-16-8-5-11-19(20(16)13-14)18-10-4-7-15-6-2-3-9-17(15)18;2*1-2-4-6-5-3-1;;;;/h2*2-13H,1H3;2*1-5H;2*1H3;1H2;. The Bertz CT molecular complexity index is 2920. The fraction of sp³-hybridized carbons (Fsp3) is 0.111. The molecule has 0 bridgehead atoms. The predicted molar refractivity (Wildman–Crippen MR) is 244 cm³/mol. The molecular weight excluding hydrogens is 768 g/mol. The van der Waals surface area contributed by atoms with Gasteiger partial charge in [0, 0.05) is 0 Å². The molecule has 8 aromatic carbocycles. The second kappa shape index (κ2) is 11.5. The average Bonchev–Trinajstić information content (AvgIpc) is 3.79. The van der Waals surface area contributed by atoms with Gasteiger partial charge in [0.1, 0.15) is 0 Å². The third-order valence-corrected chi connectivity index (χ3v) is 54.9. The van der Waals surface area contributed by atoms with Crippen molar-refractivity contribution in [3.05, 3.63) is 215 Å². The molecule has 0 fully saturated rings. The van der Waals surface area contributed by atoms with E-state index in [-0.39, 0.29) is 7.25 Å². The zero-order chi connectivity index (χ0) is 38.4. The first-order chi connectivity index (χ1) is 27.0. The molecule has 56 heavy (non-hydrogen) atoms. The molecule has 2 aliphatic carbocycles. The first-order valence-electron chi connectivity index (χ1n) is 20.2. The molecule has 10 rings (SSSR count). The van der Waals surface area contributed by atoms with Crippen LogP contribution in [0.5, 0.6) is 0 Å². The van der Waals surface area contributed by atoms with E-state index in [9.17, 15) is 0 Å². The van der Waals surface area contributed by atoms with E-state index < -0.39 is 14.4 Å². The predicted octanol–water partition coefficient (Wildman–Crippen LogP) is 13.0. The number of allylic oxidation sites excluding steroid dienone is 2. The fourth-order valence-electron chi connectivity index (χ4n) is 13.1. The van der Waals surface area contributed by atoms with E-state index in [2.05, 4.69) is 224 Å². The van der Waals surface area contributed by atoms with Gasteiger partial charge in [-0.05, 0) is 0 Å². The van der Waals surface area contributed by atoms with Crippen molar-refractivity contribution in [1.29, 1.82) is 0 Å². The summed E-state index contributed by atoms with van der Waals surface area (Å²) in [6.45, 7) is 7.34. The normalized spacial score (nSPS) is 18.2. The third-order valence-electron chi connectivity index (χ3n) is 15.3. The van der Waals surface area contributed by atoms with E-state index in [1.54, 1.807) is 0 Å². The van der Waals surface area contributed by atoms with Crippen LogP contribution in [-0.4, -0.2) is 6.88 Å². The quantitative estimate of drug-likeness (QED) is 0.147. The molecule has 0 aliphatic heterocycles. The third kappa shape index (κ3) is 4.33. The van der Waals surface area contributed by atoms with Gasteiger partial charge in [0.05, 0.1) is 0 Å². The minimum absolute atomic E-state index is 0.139. The maximum atomic E-state index is 2.84. The van der Waals surface area contributed by atoms with E-state index in [0.717, 1.165) is 0 Å². The van der Waals surface area contributed by atoms with Crippen LogP contribution in [-0.2, 0) is 14.4 Å². The van der Waals surface area contributed by atoms with Gasteiger partial charge >= 0.3 is 330 Å². The van der Waals surface area contributed by atoms with Crippen LogP contribution in [0.3, 0.4) is 0 Å². The molecule has 0 saturated carbocycles. The molecule has 0 saturated heterocycles. The van der Waals surface area contributed by atoms with Crippen molar-refractivity contribution < 1.29 is 14.4 Å². The number of rotatable bonds is 6. The van der Waals surface area contributed by atoms with Crippen LogP contribution < -0.4 is 6.54 Å². The second-order valence-electron chi connectivity index (χ2n) is 19.0. The Labute approximate surface area is 327 Å². The Hall–Kier alpha value is -5.14. The van der Waals surface area contributed by atoms with E-state index in [0.29, 0.717) is 0 Å². The monoisotopic (exact) mass is 814 g/mol. The summed E-state index contributed by atoms with van der Waals surface area (Å²) in [7, 11) is 0. The van der Waals surface area contributed by atoms with Crippen LogP contribution >= 0.6 is 0 Å². The molecule has 0 aromatic heterocycles. The molecule has 2 aliphatic rings. The molecule has 0 heterocycles. The van der Waals surface area contributed by atoms with Crippen LogP contribution in [0.15, 0.2) is 193 Å². The van der Waals surface area contributed by atoms with Crippen molar-refractivity contribution in [2.24, 2.45) is 0 Å². The first kappa shape index (κ1) is 35.3. The average molecular weight is 816 g/mol. The van der Waals surface area contributed by atoms with Crippen LogP contribution in [0, 0.1) is 0 Å². The Kier molecular flexibility index (Phi) is 7.23. The van der Waals surface area contributed by atoms with Gasteiger partial charge in [0.2, 0.25) is 0 Å².